The Morgan fingerprint density at radius 2 is 2.25 bits per heavy atom. The zero-order valence-electron chi connectivity index (χ0n) is 11.2. The molecule has 108 valence electrons. The minimum atomic E-state index is -3.55. The molecule has 1 unspecified atom stereocenters. The average Bonchev–Trinajstić information content (AvgIpc) is 2.98. The molecule has 0 aliphatic rings. The van der Waals surface area contributed by atoms with E-state index < -0.39 is 10.0 Å². The number of nitrogens with one attached hydrogen (secondary N) is 2. The standard InChI is InChI=1S/C13H18N4O2S/c1-2-13(14)11-4-3-5-12(6-11)20(18,19)17-9-10-7-15-16-8-10/h3-8,13,17H,2,9,14H2,1H3,(H,15,16). The van der Waals surface area contributed by atoms with Crippen LogP contribution in [0.15, 0.2) is 41.6 Å². The molecular weight excluding hydrogens is 276 g/mol. The normalized spacial score (nSPS) is 13.3. The van der Waals surface area contributed by atoms with Crippen molar-refractivity contribution in [2.75, 3.05) is 0 Å². The number of hydrogen-bond acceptors (Lipinski definition) is 4. The van der Waals surface area contributed by atoms with Crippen LogP contribution in [-0.2, 0) is 16.6 Å². The van der Waals surface area contributed by atoms with Crippen molar-refractivity contribution in [3.63, 3.8) is 0 Å². The largest absolute Gasteiger partial charge is 0.324 e. The van der Waals surface area contributed by atoms with Crippen LogP contribution in [-0.4, -0.2) is 18.6 Å². The summed E-state index contributed by atoms with van der Waals surface area (Å²) in [5.74, 6) is 0. The molecule has 4 N–H and O–H groups in total. The highest BCUT2D eigenvalue weighted by Crippen LogP contribution is 2.18. The van der Waals surface area contributed by atoms with Crippen LogP contribution < -0.4 is 10.5 Å². The van der Waals surface area contributed by atoms with Crippen molar-refractivity contribution in [3.05, 3.63) is 47.8 Å². The summed E-state index contributed by atoms with van der Waals surface area (Å²) in [4.78, 5) is 0.224. The molecule has 7 heteroatoms. The molecule has 0 aliphatic heterocycles. The van der Waals surface area contributed by atoms with Gasteiger partial charge in [0, 0.05) is 24.3 Å². The number of aromatic nitrogens is 2. The Balaban J connectivity index is 2.16. The van der Waals surface area contributed by atoms with E-state index in [0.29, 0.717) is 0 Å². The predicted molar refractivity (Wildman–Crippen MR) is 76.3 cm³/mol. The summed E-state index contributed by atoms with van der Waals surface area (Å²) in [5.41, 5.74) is 7.52. The van der Waals surface area contributed by atoms with Gasteiger partial charge in [0.1, 0.15) is 0 Å². The Bertz CT molecular complexity index is 653. The van der Waals surface area contributed by atoms with E-state index in [4.69, 9.17) is 5.73 Å². The molecule has 0 radical (unpaired) electrons. The molecule has 0 bridgehead atoms. The Labute approximate surface area is 118 Å². The summed E-state index contributed by atoms with van der Waals surface area (Å²) in [5, 5.41) is 6.40. The Kier molecular flexibility index (Phi) is 4.53. The molecule has 20 heavy (non-hydrogen) atoms. The number of rotatable bonds is 6. The van der Waals surface area contributed by atoms with Gasteiger partial charge in [-0.1, -0.05) is 19.1 Å². The molecule has 1 atom stereocenters. The number of hydrogen-bond donors (Lipinski definition) is 3. The fraction of sp³-hybridized carbons (Fsp3) is 0.308. The molecule has 2 aromatic rings. The summed E-state index contributed by atoms with van der Waals surface area (Å²) in [6, 6.07) is 6.56. The van der Waals surface area contributed by atoms with Crippen LogP contribution in [0.2, 0.25) is 0 Å². The maximum Gasteiger partial charge on any atom is 0.240 e. The molecule has 6 nitrogen and oxygen atoms in total. The molecule has 1 aromatic heterocycles. The van der Waals surface area contributed by atoms with Crippen molar-refractivity contribution >= 4 is 10.0 Å². The van der Waals surface area contributed by atoms with Gasteiger partial charge in [-0.25, -0.2) is 13.1 Å². The average molecular weight is 294 g/mol. The van der Waals surface area contributed by atoms with Gasteiger partial charge in [-0.2, -0.15) is 5.10 Å². The van der Waals surface area contributed by atoms with Gasteiger partial charge >= 0.3 is 0 Å². The number of aromatic amines is 1. The van der Waals surface area contributed by atoms with Crippen molar-refractivity contribution in [2.45, 2.75) is 30.8 Å². The zero-order chi connectivity index (χ0) is 14.6. The van der Waals surface area contributed by atoms with Crippen LogP contribution in [0.5, 0.6) is 0 Å². The molecule has 0 fully saturated rings. The SMILES string of the molecule is CCC(N)c1cccc(S(=O)(=O)NCc2cn[nH]c2)c1. The highest BCUT2D eigenvalue weighted by atomic mass is 32.2. The summed E-state index contributed by atoms with van der Waals surface area (Å²) in [6.45, 7) is 2.16. The first-order valence-corrected chi connectivity index (χ1v) is 7.84. The molecule has 0 spiro atoms. The lowest BCUT2D eigenvalue weighted by Crippen LogP contribution is -2.23. The summed E-state index contributed by atoms with van der Waals surface area (Å²) in [7, 11) is -3.55. The first-order valence-electron chi connectivity index (χ1n) is 6.36. The summed E-state index contributed by atoms with van der Waals surface area (Å²) < 4.78 is 26.9. The lowest BCUT2D eigenvalue weighted by molar-refractivity contribution is 0.581. The van der Waals surface area contributed by atoms with E-state index in [-0.39, 0.29) is 17.5 Å². The molecule has 0 aliphatic carbocycles. The summed E-state index contributed by atoms with van der Waals surface area (Å²) in [6.07, 6.45) is 3.98. The maximum atomic E-state index is 12.2. The van der Waals surface area contributed by atoms with Crippen LogP contribution in [0, 0.1) is 0 Å². The van der Waals surface area contributed by atoms with Gasteiger partial charge in [-0.15, -0.1) is 0 Å². The van der Waals surface area contributed by atoms with E-state index in [1.807, 2.05) is 13.0 Å². The first kappa shape index (κ1) is 14.7. The minimum Gasteiger partial charge on any atom is -0.324 e. The fourth-order valence-electron chi connectivity index (χ4n) is 1.78. The van der Waals surface area contributed by atoms with E-state index in [1.54, 1.807) is 30.6 Å². The third-order valence-electron chi connectivity index (χ3n) is 3.06. The van der Waals surface area contributed by atoms with Gasteiger partial charge < -0.3 is 5.73 Å². The number of H-pyrrole nitrogens is 1. The van der Waals surface area contributed by atoms with E-state index in [1.165, 1.54) is 0 Å². The smallest absolute Gasteiger partial charge is 0.240 e. The monoisotopic (exact) mass is 294 g/mol. The second kappa shape index (κ2) is 6.17. The van der Waals surface area contributed by atoms with Gasteiger partial charge in [0.05, 0.1) is 11.1 Å². The maximum absolute atomic E-state index is 12.2. The molecule has 1 aromatic carbocycles. The van der Waals surface area contributed by atoms with Crippen LogP contribution in [0.4, 0.5) is 0 Å². The Hall–Kier alpha value is -1.70. The van der Waals surface area contributed by atoms with Crippen molar-refractivity contribution in [3.8, 4) is 0 Å². The zero-order valence-corrected chi connectivity index (χ0v) is 12.0. The van der Waals surface area contributed by atoms with Gasteiger partial charge in [-0.05, 0) is 24.1 Å². The van der Waals surface area contributed by atoms with Crippen molar-refractivity contribution in [2.24, 2.45) is 5.73 Å². The summed E-state index contributed by atoms with van der Waals surface area (Å²) >= 11 is 0. The van der Waals surface area contributed by atoms with Gasteiger partial charge in [0.2, 0.25) is 10.0 Å². The number of nitrogens with two attached hydrogens (primary N) is 1. The number of benzene rings is 1. The molecule has 1 heterocycles. The Morgan fingerprint density at radius 3 is 2.90 bits per heavy atom. The van der Waals surface area contributed by atoms with Crippen LogP contribution in [0.25, 0.3) is 0 Å². The van der Waals surface area contributed by atoms with Gasteiger partial charge in [0.15, 0.2) is 0 Å². The number of sulfonamides is 1. The fourth-order valence-corrected chi connectivity index (χ4v) is 2.86. The van der Waals surface area contributed by atoms with Crippen LogP contribution in [0.3, 0.4) is 0 Å². The van der Waals surface area contributed by atoms with Crippen molar-refractivity contribution < 1.29 is 8.42 Å². The molecule has 0 amide bonds. The number of nitrogens with zero attached hydrogens (tertiary/aromatic N) is 1. The topological polar surface area (TPSA) is 101 Å². The minimum absolute atomic E-state index is 0.154. The van der Waals surface area contributed by atoms with Crippen LogP contribution >= 0.6 is 0 Å². The predicted octanol–water partition coefficient (Wildman–Crippen LogP) is 1.30. The van der Waals surface area contributed by atoms with Crippen molar-refractivity contribution in [1.82, 2.24) is 14.9 Å². The second-order valence-corrected chi connectivity index (χ2v) is 6.29. The van der Waals surface area contributed by atoms with Gasteiger partial charge in [-0.3, -0.25) is 5.10 Å². The second-order valence-electron chi connectivity index (χ2n) is 4.52. The molecule has 0 saturated carbocycles. The van der Waals surface area contributed by atoms with Gasteiger partial charge in [0.25, 0.3) is 0 Å². The van der Waals surface area contributed by atoms with E-state index in [2.05, 4.69) is 14.9 Å². The third-order valence-corrected chi connectivity index (χ3v) is 4.46. The lowest BCUT2D eigenvalue weighted by Gasteiger charge is -2.11. The highest BCUT2D eigenvalue weighted by Gasteiger charge is 2.15. The first-order chi connectivity index (χ1) is 9.53. The lowest BCUT2D eigenvalue weighted by atomic mass is 10.1. The third kappa shape index (κ3) is 3.44. The quantitative estimate of drug-likeness (QED) is 0.747. The molecular formula is C13H18N4O2S. The van der Waals surface area contributed by atoms with E-state index in [0.717, 1.165) is 17.5 Å². The van der Waals surface area contributed by atoms with E-state index >= 15 is 0 Å². The van der Waals surface area contributed by atoms with Crippen LogP contribution in [0.1, 0.15) is 30.5 Å². The molecule has 2 rings (SSSR count). The highest BCUT2D eigenvalue weighted by molar-refractivity contribution is 7.89. The Morgan fingerprint density at radius 1 is 1.45 bits per heavy atom. The molecule has 0 saturated heterocycles. The van der Waals surface area contributed by atoms with Crippen molar-refractivity contribution in [1.29, 1.82) is 0 Å². The van der Waals surface area contributed by atoms with E-state index in [9.17, 15) is 8.42 Å².